The molecule has 2 heterocycles. The first-order valence-electron chi connectivity index (χ1n) is 8.16. The largest absolute Gasteiger partial charge is 0.328 e. The summed E-state index contributed by atoms with van der Waals surface area (Å²) in [5.41, 5.74) is 2.64. The summed E-state index contributed by atoms with van der Waals surface area (Å²) in [5, 5.41) is -0.0778. The Morgan fingerprint density at radius 2 is 1.79 bits per heavy atom. The molecule has 1 aliphatic heterocycles. The minimum atomic E-state index is -0.562. The number of fused-ring (bicyclic) bond motifs is 1. The number of imidazole rings is 1. The quantitative estimate of drug-likeness (QED) is 0.451. The summed E-state index contributed by atoms with van der Waals surface area (Å²) in [6.45, 7) is 0. The van der Waals surface area contributed by atoms with Gasteiger partial charge in [0, 0.05) is 14.1 Å². The van der Waals surface area contributed by atoms with Gasteiger partial charge >= 0.3 is 5.69 Å². The highest BCUT2D eigenvalue weighted by atomic mass is 35.5. The molecule has 1 amide bonds. The molecule has 0 atom stereocenters. The minimum Gasteiger partial charge on any atom is -0.295 e. The Labute approximate surface area is 174 Å². The smallest absolute Gasteiger partial charge is 0.295 e. The van der Waals surface area contributed by atoms with Crippen LogP contribution < -0.4 is 10.6 Å². The number of halogens is 2. The average molecular weight is 434 g/mol. The van der Waals surface area contributed by atoms with Gasteiger partial charge in [-0.3, -0.25) is 18.8 Å². The summed E-state index contributed by atoms with van der Waals surface area (Å²) < 4.78 is 16.9. The predicted octanol–water partition coefficient (Wildman–Crippen LogP) is 4.08. The maximum Gasteiger partial charge on any atom is 0.328 e. The molecule has 0 saturated carbocycles. The zero-order chi connectivity index (χ0) is 20.2. The van der Waals surface area contributed by atoms with Gasteiger partial charge in [-0.05, 0) is 42.0 Å². The summed E-state index contributed by atoms with van der Waals surface area (Å²) >= 11 is 12.3. The molecule has 0 N–H and O–H groups in total. The van der Waals surface area contributed by atoms with Gasteiger partial charge in [-0.2, -0.15) is 0 Å². The molecule has 0 bridgehead atoms. The molecule has 5 nitrogen and oxygen atoms in total. The molecule has 1 saturated heterocycles. The molecule has 0 unspecified atom stereocenters. The normalized spacial score (nSPS) is 16.0. The molecule has 28 heavy (non-hydrogen) atoms. The number of hydrogen-bond acceptors (Lipinski definition) is 4. The van der Waals surface area contributed by atoms with Crippen LogP contribution in [0.25, 0.3) is 17.1 Å². The van der Waals surface area contributed by atoms with E-state index in [-0.39, 0.29) is 16.6 Å². The van der Waals surface area contributed by atoms with Crippen molar-refractivity contribution in [2.75, 3.05) is 4.90 Å². The number of nitrogens with zero attached hydrogens (tertiary/aromatic N) is 3. The minimum absolute atomic E-state index is 0.0778. The maximum absolute atomic E-state index is 13.4. The fraction of sp³-hybridized carbons (Fsp3) is 0.105. The van der Waals surface area contributed by atoms with E-state index in [1.165, 1.54) is 23.1 Å². The van der Waals surface area contributed by atoms with Crippen LogP contribution in [0.2, 0.25) is 5.02 Å². The summed E-state index contributed by atoms with van der Waals surface area (Å²) in [7, 11) is 3.41. The second-order valence-corrected chi connectivity index (χ2v) is 8.35. The summed E-state index contributed by atoms with van der Waals surface area (Å²) in [6, 6.07) is 9.55. The lowest BCUT2D eigenvalue weighted by molar-refractivity contribution is -0.113. The van der Waals surface area contributed by atoms with E-state index >= 15 is 0 Å². The molecule has 4 rings (SSSR count). The van der Waals surface area contributed by atoms with E-state index in [0.29, 0.717) is 14.9 Å². The first-order chi connectivity index (χ1) is 13.3. The monoisotopic (exact) mass is 433 g/mol. The Morgan fingerprint density at radius 3 is 2.50 bits per heavy atom. The zero-order valence-electron chi connectivity index (χ0n) is 14.8. The number of amides is 1. The third-order valence-corrected chi connectivity index (χ3v) is 6.14. The van der Waals surface area contributed by atoms with Crippen LogP contribution in [0.4, 0.5) is 10.1 Å². The van der Waals surface area contributed by atoms with Crippen LogP contribution >= 0.6 is 35.6 Å². The van der Waals surface area contributed by atoms with Crippen LogP contribution in [0, 0.1) is 5.82 Å². The van der Waals surface area contributed by atoms with Crippen molar-refractivity contribution in [3.8, 4) is 0 Å². The molecular formula is C19H13ClFN3O2S2. The van der Waals surface area contributed by atoms with Crippen molar-refractivity contribution in [3.05, 3.63) is 68.2 Å². The van der Waals surface area contributed by atoms with Gasteiger partial charge in [0.05, 0.1) is 26.6 Å². The topological polar surface area (TPSA) is 47.2 Å². The van der Waals surface area contributed by atoms with Crippen molar-refractivity contribution in [1.29, 1.82) is 0 Å². The third-order valence-electron chi connectivity index (χ3n) is 4.55. The molecule has 0 spiro atoms. The maximum atomic E-state index is 13.4. The Kier molecular flexibility index (Phi) is 4.65. The van der Waals surface area contributed by atoms with E-state index in [1.54, 1.807) is 29.3 Å². The van der Waals surface area contributed by atoms with Gasteiger partial charge in [-0.1, -0.05) is 41.6 Å². The van der Waals surface area contributed by atoms with Crippen LogP contribution in [0.1, 0.15) is 5.56 Å². The number of anilines is 1. The van der Waals surface area contributed by atoms with Crippen molar-refractivity contribution in [2.24, 2.45) is 14.1 Å². The molecule has 1 fully saturated rings. The number of aryl methyl sites for hydroxylation is 2. The van der Waals surface area contributed by atoms with E-state index < -0.39 is 5.82 Å². The van der Waals surface area contributed by atoms with Gasteiger partial charge in [-0.15, -0.1) is 0 Å². The van der Waals surface area contributed by atoms with Crippen molar-refractivity contribution < 1.29 is 9.18 Å². The number of benzene rings is 2. The van der Waals surface area contributed by atoms with Crippen LogP contribution in [0.5, 0.6) is 0 Å². The van der Waals surface area contributed by atoms with Gasteiger partial charge < -0.3 is 0 Å². The van der Waals surface area contributed by atoms with E-state index in [1.807, 2.05) is 18.2 Å². The van der Waals surface area contributed by atoms with Crippen molar-refractivity contribution in [1.82, 2.24) is 9.13 Å². The lowest BCUT2D eigenvalue weighted by atomic mass is 10.1. The molecule has 0 aliphatic carbocycles. The molecule has 1 aliphatic rings. The molecule has 3 aromatic rings. The lowest BCUT2D eigenvalue weighted by Crippen LogP contribution is -2.27. The summed E-state index contributed by atoms with van der Waals surface area (Å²) in [4.78, 5) is 26.7. The second kappa shape index (κ2) is 6.88. The van der Waals surface area contributed by atoms with E-state index in [9.17, 15) is 14.0 Å². The van der Waals surface area contributed by atoms with Crippen molar-refractivity contribution in [2.45, 2.75) is 0 Å². The van der Waals surface area contributed by atoms with Gasteiger partial charge in [0.1, 0.15) is 5.82 Å². The Morgan fingerprint density at radius 1 is 1.07 bits per heavy atom. The van der Waals surface area contributed by atoms with Gasteiger partial charge in [0.2, 0.25) is 0 Å². The highest BCUT2D eigenvalue weighted by molar-refractivity contribution is 8.27. The number of aromatic nitrogens is 2. The van der Waals surface area contributed by atoms with Crippen molar-refractivity contribution >= 4 is 68.6 Å². The molecule has 9 heteroatoms. The van der Waals surface area contributed by atoms with Gasteiger partial charge in [-0.25, -0.2) is 9.18 Å². The lowest BCUT2D eigenvalue weighted by Gasteiger charge is -2.14. The number of hydrogen-bond donors (Lipinski definition) is 0. The number of carbonyl (C=O) groups excluding carboxylic acids is 1. The fourth-order valence-corrected chi connectivity index (χ4v) is 4.55. The first kappa shape index (κ1) is 18.9. The van der Waals surface area contributed by atoms with E-state index in [4.69, 9.17) is 23.8 Å². The Hall–Kier alpha value is -2.42. The van der Waals surface area contributed by atoms with Crippen molar-refractivity contribution in [3.63, 3.8) is 0 Å². The fourth-order valence-electron chi connectivity index (χ4n) is 3.08. The molecule has 2 aromatic carbocycles. The summed E-state index contributed by atoms with van der Waals surface area (Å²) in [5.74, 6) is -0.868. The number of carbonyl (C=O) groups is 1. The molecule has 142 valence electrons. The predicted molar refractivity (Wildman–Crippen MR) is 115 cm³/mol. The number of thioether (sulfide) groups is 1. The molecule has 0 radical (unpaired) electrons. The average Bonchev–Trinajstić information content (AvgIpc) is 3.06. The molecule has 1 aromatic heterocycles. The van der Waals surface area contributed by atoms with Crippen LogP contribution in [-0.4, -0.2) is 19.4 Å². The highest BCUT2D eigenvalue weighted by Crippen LogP contribution is 2.37. The van der Waals surface area contributed by atoms with Gasteiger partial charge in [0.25, 0.3) is 5.91 Å². The number of thiocarbonyl (C=S) groups is 1. The molecular weight excluding hydrogens is 421 g/mol. The second-order valence-electron chi connectivity index (χ2n) is 6.26. The standard InChI is InChI=1S/C19H13ClFN3O2S2/c1-22-14-6-3-10(7-15(14)23(2)18(22)26)8-16-17(25)24(19(27)28-16)11-4-5-13(21)12(20)9-11/h3-9H,1-2H3/b16-8+. The Bertz CT molecular complexity index is 1260. The first-order valence-corrected chi connectivity index (χ1v) is 9.76. The van der Waals surface area contributed by atoms with E-state index in [0.717, 1.165) is 28.4 Å². The SMILES string of the molecule is Cn1c(=O)n(C)c2cc(/C=C3/SC(=S)N(c4ccc(F)c(Cl)c4)C3=O)ccc21. The Balaban J connectivity index is 1.73. The highest BCUT2D eigenvalue weighted by Gasteiger charge is 2.33. The van der Waals surface area contributed by atoms with Crippen LogP contribution in [-0.2, 0) is 18.9 Å². The van der Waals surface area contributed by atoms with E-state index in [2.05, 4.69) is 0 Å². The van der Waals surface area contributed by atoms with Crippen LogP contribution in [0.15, 0.2) is 46.1 Å². The summed E-state index contributed by atoms with van der Waals surface area (Å²) in [6.07, 6.45) is 1.72. The zero-order valence-corrected chi connectivity index (χ0v) is 17.2. The number of rotatable bonds is 2. The van der Waals surface area contributed by atoms with Crippen LogP contribution in [0.3, 0.4) is 0 Å². The van der Waals surface area contributed by atoms with Gasteiger partial charge in [0.15, 0.2) is 4.32 Å². The third kappa shape index (κ3) is 2.97.